The van der Waals surface area contributed by atoms with Crippen molar-refractivity contribution in [3.63, 3.8) is 0 Å². The molecule has 2 aromatic rings. The van der Waals surface area contributed by atoms with Crippen molar-refractivity contribution in [1.82, 2.24) is 14.3 Å². The van der Waals surface area contributed by atoms with E-state index in [1.54, 1.807) is 0 Å². The van der Waals surface area contributed by atoms with Gasteiger partial charge in [0.2, 0.25) is 10.0 Å². The van der Waals surface area contributed by atoms with Gasteiger partial charge in [-0.25, -0.2) is 13.4 Å². The minimum absolute atomic E-state index is 0.0101. The Hall–Kier alpha value is -1.64. The fourth-order valence-electron chi connectivity index (χ4n) is 3.39. The molecule has 7 nitrogen and oxygen atoms in total. The van der Waals surface area contributed by atoms with Gasteiger partial charge in [0.05, 0.1) is 5.02 Å². The van der Waals surface area contributed by atoms with Gasteiger partial charge in [0.15, 0.2) is 0 Å². The Kier molecular flexibility index (Phi) is 4.54. The number of fused-ring (bicyclic) bond motifs is 1. The van der Waals surface area contributed by atoms with Gasteiger partial charge in [-0.1, -0.05) is 24.9 Å². The monoisotopic (exact) mass is 371 g/mol. The number of sulfonamides is 1. The number of carboxylic acids is 1. The second-order valence-corrected chi connectivity index (χ2v) is 8.23. The molecule has 2 unspecified atom stereocenters. The van der Waals surface area contributed by atoms with E-state index < -0.39 is 22.0 Å². The largest absolute Gasteiger partial charge is 0.480 e. The number of halogens is 1. The smallest absolute Gasteiger partial charge is 0.322 e. The lowest BCUT2D eigenvalue weighted by molar-refractivity contribution is -0.142. The zero-order chi connectivity index (χ0) is 17.5. The molecule has 0 aliphatic carbocycles. The van der Waals surface area contributed by atoms with Crippen molar-refractivity contribution in [2.75, 3.05) is 6.54 Å². The number of nitrogens with zero attached hydrogens (tertiary/aromatic N) is 2. The number of aromatic amines is 1. The highest BCUT2D eigenvalue weighted by molar-refractivity contribution is 7.89. The van der Waals surface area contributed by atoms with Gasteiger partial charge in [-0.2, -0.15) is 4.31 Å². The molecule has 0 spiro atoms. The number of hydrogen-bond donors (Lipinski definition) is 2. The first kappa shape index (κ1) is 17.2. The maximum atomic E-state index is 13.1. The maximum Gasteiger partial charge on any atom is 0.322 e. The predicted octanol–water partition coefficient (Wildman–Crippen LogP) is 2.48. The number of aliphatic carboxylic acids is 1. The molecule has 2 atom stereocenters. The number of nitrogens with one attached hydrogen (secondary N) is 1. The first-order valence-corrected chi connectivity index (χ1v) is 9.55. The summed E-state index contributed by atoms with van der Waals surface area (Å²) in [6.07, 6.45) is 4.81. The molecule has 1 aliphatic heterocycles. The van der Waals surface area contributed by atoms with E-state index in [0.29, 0.717) is 28.9 Å². The molecule has 2 aromatic heterocycles. The molecule has 24 heavy (non-hydrogen) atoms. The van der Waals surface area contributed by atoms with E-state index in [2.05, 4.69) is 9.97 Å². The van der Waals surface area contributed by atoms with E-state index in [1.165, 1.54) is 18.5 Å². The Balaban J connectivity index is 2.06. The minimum atomic E-state index is -3.96. The van der Waals surface area contributed by atoms with Crippen LogP contribution in [0.5, 0.6) is 0 Å². The predicted molar refractivity (Wildman–Crippen MR) is 89.4 cm³/mol. The molecular formula is C15H18ClN3O4S. The average Bonchev–Trinajstić information content (AvgIpc) is 3.11. The molecule has 1 fully saturated rings. The molecule has 0 amide bonds. The van der Waals surface area contributed by atoms with Crippen molar-refractivity contribution in [3.8, 4) is 0 Å². The third-order valence-electron chi connectivity index (χ3n) is 4.44. The summed E-state index contributed by atoms with van der Waals surface area (Å²) in [6, 6.07) is 0.481. The lowest BCUT2D eigenvalue weighted by Gasteiger charge is -2.23. The number of rotatable bonds is 5. The molecule has 3 heterocycles. The summed E-state index contributed by atoms with van der Waals surface area (Å²) < 4.78 is 27.2. The van der Waals surface area contributed by atoms with Crippen LogP contribution in [0.4, 0.5) is 0 Å². The van der Waals surface area contributed by atoms with E-state index in [1.807, 2.05) is 6.92 Å². The summed E-state index contributed by atoms with van der Waals surface area (Å²) in [5.41, 5.74) is 0.397. The summed E-state index contributed by atoms with van der Waals surface area (Å²) >= 11 is 5.92. The zero-order valence-corrected chi connectivity index (χ0v) is 14.6. The molecule has 0 radical (unpaired) electrons. The highest BCUT2D eigenvalue weighted by Crippen LogP contribution is 2.35. The van der Waals surface area contributed by atoms with Gasteiger partial charge in [0, 0.05) is 24.3 Å². The Bertz CT molecular complexity index is 880. The molecule has 0 bridgehead atoms. The van der Waals surface area contributed by atoms with E-state index in [4.69, 9.17) is 11.6 Å². The van der Waals surface area contributed by atoms with E-state index in [0.717, 1.165) is 10.7 Å². The van der Waals surface area contributed by atoms with Crippen LogP contribution in [-0.4, -0.2) is 46.4 Å². The third-order valence-corrected chi connectivity index (χ3v) is 6.56. The van der Waals surface area contributed by atoms with Crippen LogP contribution in [0.15, 0.2) is 23.4 Å². The summed E-state index contributed by atoms with van der Waals surface area (Å²) in [6.45, 7) is 2.16. The van der Waals surface area contributed by atoms with Crippen LogP contribution < -0.4 is 0 Å². The van der Waals surface area contributed by atoms with Crippen LogP contribution in [0.3, 0.4) is 0 Å². The summed E-state index contributed by atoms with van der Waals surface area (Å²) in [5, 5.41) is 10.2. The van der Waals surface area contributed by atoms with Crippen LogP contribution in [0.25, 0.3) is 11.0 Å². The van der Waals surface area contributed by atoms with Crippen LogP contribution in [0, 0.1) is 5.92 Å². The highest BCUT2D eigenvalue weighted by Gasteiger charge is 2.45. The Morgan fingerprint density at radius 3 is 2.96 bits per heavy atom. The lowest BCUT2D eigenvalue weighted by atomic mass is 9.96. The normalized spacial score (nSPS) is 22.2. The van der Waals surface area contributed by atoms with Gasteiger partial charge in [-0.15, -0.1) is 0 Å². The highest BCUT2D eigenvalue weighted by atomic mass is 35.5. The molecule has 1 saturated heterocycles. The molecule has 9 heteroatoms. The Labute approximate surface area is 144 Å². The molecule has 0 aromatic carbocycles. The van der Waals surface area contributed by atoms with Crippen molar-refractivity contribution in [2.45, 2.75) is 37.1 Å². The van der Waals surface area contributed by atoms with Gasteiger partial charge in [0.1, 0.15) is 16.6 Å². The number of aromatic nitrogens is 2. The minimum Gasteiger partial charge on any atom is -0.480 e. The number of pyridine rings is 1. The molecule has 3 rings (SSSR count). The van der Waals surface area contributed by atoms with Crippen LogP contribution in [0.2, 0.25) is 5.02 Å². The van der Waals surface area contributed by atoms with Crippen LogP contribution >= 0.6 is 11.6 Å². The van der Waals surface area contributed by atoms with E-state index in [9.17, 15) is 18.3 Å². The first-order chi connectivity index (χ1) is 11.4. The summed E-state index contributed by atoms with van der Waals surface area (Å²) in [5.74, 6) is -1.28. The second kappa shape index (κ2) is 6.34. The topological polar surface area (TPSA) is 103 Å². The third kappa shape index (κ3) is 2.78. The number of hydrogen-bond acceptors (Lipinski definition) is 4. The van der Waals surface area contributed by atoms with Crippen molar-refractivity contribution in [3.05, 3.63) is 23.5 Å². The van der Waals surface area contributed by atoms with Crippen LogP contribution in [0.1, 0.15) is 26.2 Å². The number of carbonyl (C=O) groups is 1. The van der Waals surface area contributed by atoms with Crippen LogP contribution in [-0.2, 0) is 14.8 Å². The molecule has 0 saturated carbocycles. The Morgan fingerprint density at radius 2 is 2.29 bits per heavy atom. The fourth-order valence-corrected chi connectivity index (χ4v) is 5.35. The average molecular weight is 372 g/mol. The van der Waals surface area contributed by atoms with Crippen molar-refractivity contribution >= 4 is 38.6 Å². The van der Waals surface area contributed by atoms with Crippen molar-refractivity contribution in [1.29, 1.82) is 0 Å². The SMILES string of the molecule is CCCC1CCN(S(=O)(=O)c2c[nH]c3ncc(Cl)cc23)C1C(=O)O. The maximum absolute atomic E-state index is 13.1. The molecule has 130 valence electrons. The van der Waals surface area contributed by atoms with E-state index >= 15 is 0 Å². The second-order valence-electron chi connectivity index (χ2n) is 5.94. The number of H-pyrrole nitrogens is 1. The van der Waals surface area contributed by atoms with Crippen molar-refractivity contribution < 1.29 is 18.3 Å². The fraction of sp³-hybridized carbons (Fsp3) is 0.467. The van der Waals surface area contributed by atoms with Crippen molar-refractivity contribution in [2.24, 2.45) is 5.92 Å². The van der Waals surface area contributed by atoms with Gasteiger partial charge in [-0.05, 0) is 24.8 Å². The van der Waals surface area contributed by atoms with Gasteiger partial charge in [-0.3, -0.25) is 4.79 Å². The lowest BCUT2D eigenvalue weighted by Crippen LogP contribution is -2.43. The summed E-state index contributed by atoms with van der Waals surface area (Å²) in [7, 11) is -3.96. The number of carboxylic acid groups (broad SMARTS) is 1. The summed E-state index contributed by atoms with van der Waals surface area (Å²) in [4.78, 5) is 18.5. The zero-order valence-electron chi connectivity index (χ0n) is 13.1. The Morgan fingerprint density at radius 1 is 1.54 bits per heavy atom. The van der Waals surface area contributed by atoms with Gasteiger partial charge >= 0.3 is 5.97 Å². The van der Waals surface area contributed by atoms with Gasteiger partial charge < -0.3 is 10.1 Å². The van der Waals surface area contributed by atoms with E-state index in [-0.39, 0.29) is 17.4 Å². The molecular weight excluding hydrogens is 354 g/mol. The molecule has 2 N–H and O–H groups in total. The standard InChI is InChI=1S/C15H18ClN3O4S/c1-2-3-9-4-5-19(13(9)15(20)21)24(22,23)12-8-18-14-11(12)6-10(16)7-17-14/h6-9,13H,2-5H2,1H3,(H,17,18)(H,20,21). The first-order valence-electron chi connectivity index (χ1n) is 7.73. The molecule has 1 aliphatic rings. The van der Waals surface area contributed by atoms with Gasteiger partial charge in [0.25, 0.3) is 0 Å². The quantitative estimate of drug-likeness (QED) is 0.840.